The molecule has 3 heterocycles. The fourth-order valence-electron chi connectivity index (χ4n) is 6.02. The minimum Gasteiger partial charge on any atom is -0.870 e. The minimum absolute atomic E-state index is 0. The molecule has 4 aromatic rings. The average Bonchev–Trinajstić information content (AvgIpc) is 3.67. The third-order valence-electron chi connectivity index (χ3n) is 8.28. The summed E-state index contributed by atoms with van der Waals surface area (Å²) in [7, 11) is 0. The van der Waals surface area contributed by atoms with Crippen molar-refractivity contribution >= 4 is 17.3 Å². The Morgan fingerprint density at radius 2 is 1.71 bits per heavy atom. The summed E-state index contributed by atoms with van der Waals surface area (Å²) in [6, 6.07) is 16.8. The normalized spacial score (nSPS) is 19.5. The number of hydrogen-bond acceptors (Lipinski definition) is 8. The van der Waals surface area contributed by atoms with Crippen molar-refractivity contribution in [2.24, 2.45) is 5.92 Å². The zero-order chi connectivity index (χ0) is 30.0. The van der Waals surface area contributed by atoms with E-state index in [1.165, 1.54) is 18.5 Å². The van der Waals surface area contributed by atoms with Crippen molar-refractivity contribution in [2.45, 2.75) is 25.5 Å². The summed E-state index contributed by atoms with van der Waals surface area (Å²) < 4.78 is 42.7. The van der Waals surface area contributed by atoms with E-state index in [0.717, 1.165) is 54.9 Å². The monoisotopic (exact) mass is 613 g/mol. The van der Waals surface area contributed by atoms with Gasteiger partial charge in [-0.25, -0.2) is 23.2 Å². The Morgan fingerprint density at radius 3 is 2.33 bits per heavy atom. The summed E-state index contributed by atoms with van der Waals surface area (Å²) in [5.74, 6) is -1.44. The second-order valence-corrected chi connectivity index (χ2v) is 11.2. The number of aryl methyl sites for hydroxylation is 1. The van der Waals surface area contributed by atoms with Crippen LogP contribution in [-0.4, -0.2) is 70.7 Å². The van der Waals surface area contributed by atoms with E-state index in [1.807, 2.05) is 25.1 Å². The molecule has 0 radical (unpaired) electrons. The van der Waals surface area contributed by atoms with Crippen molar-refractivity contribution in [3.05, 3.63) is 102 Å². The molecule has 2 saturated heterocycles. The van der Waals surface area contributed by atoms with Gasteiger partial charge in [-0.1, -0.05) is 6.07 Å². The number of anilines is 2. The molecule has 0 amide bonds. The van der Waals surface area contributed by atoms with Crippen molar-refractivity contribution in [1.82, 2.24) is 14.8 Å². The van der Waals surface area contributed by atoms with Gasteiger partial charge in [0, 0.05) is 55.1 Å². The van der Waals surface area contributed by atoms with E-state index in [-0.39, 0.29) is 42.4 Å². The van der Waals surface area contributed by atoms with E-state index in [4.69, 9.17) is 14.6 Å². The van der Waals surface area contributed by atoms with Gasteiger partial charge < -0.3 is 29.9 Å². The van der Waals surface area contributed by atoms with Crippen LogP contribution in [0.25, 0.3) is 0 Å². The smallest absolute Gasteiger partial charge is 0.870 e. The van der Waals surface area contributed by atoms with Gasteiger partial charge in [0.1, 0.15) is 35.6 Å². The van der Waals surface area contributed by atoms with Gasteiger partial charge >= 0.3 is 24.8 Å². The summed E-state index contributed by atoms with van der Waals surface area (Å²) in [5.41, 5.74) is 2.72. The topological polar surface area (TPSA) is 123 Å². The minimum atomic E-state index is -1.02. The largest absolute Gasteiger partial charge is 1.00 e. The first-order valence-corrected chi connectivity index (χ1v) is 14.3. The first kappa shape index (κ1) is 33.9. The van der Waals surface area contributed by atoms with E-state index in [0.29, 0.717) is 25.2 Å². The van der Waals surface area contributed by atoms with Gasteiger partial charge in [-0.2, -0.15) is 5.10 Å². The maximum atomic E-state index is 14.9. The Labute approximate surface area is 272 Å². The first-order chi connectivity index (χ1) is 20.8. The van der Waals surface area contributed by atoms with Crippen molar-refractivity contribution in [1.29, 1.82) is 0 Å². The van der Waals surface area contributed by atoms with Crippen molar-refractivity contribution < 1.29 is 52.5 Å². The first-order valence-electron chi connectivity index (χ1n) is 14.3. The molecule has 0 spiro atoms. The van der Waals surface area contributed by atoms with Gasteiger partial charge in [0.15, 0.2) is 0 Å². The third kappa shape index (κ3) is 7.48. The van der Waals surface area contributed by atoms with Crippen LogP contribution in [0.2, 0.25) is 0 Å². The standard InChI is InChI=1S/C32H33F2N5O4.Li.H2O/c1-22-14-27(38-12-10-37(11-13-38)26-5-2-24(3-6-26)31(40)41)7-9-30(22)42-17-23-16-32(43-18-23,19-39-21-35-20-36-39)28-8-4-25(33)15-29(28)34;;/h2-9,14-15,20-21,23H,10-13,16-19H2,1H3,(H,40,41);;1H2/q;+1;/p-1/t23-,32+;;/m1../s1. The molecule has 2 N–H and O–H groups in total. The van der Waals surface area contributed by atoms with Gasteiger partial charge in [-0.15, -0.1) is 0 Å². The third-order valence-corrected chi connectivity index (χ3v) is 8.28. The van der Waals surface area contributed by atoms with Crippen LogP contribution < -0.4 is 33.4 Å². The summed E-state index contributed by atoms with van der Waals surface area (Å²) in [6.07, 6.45) is 3.45. The Hall–Kier alpha value is -3.95. The second kappa shape index (κ2) is 14.4. The molecule has 0 saturated carbocycles. The number of carboxylic acids is 1. The van der Waals surface area contributed by atoms with Crippen LogP contribution in [0.5, 0.6) is 5.75 Å². The molecule has 2 atom stereocenters. The predicted molar refractivity (Wildman–Crippen MR) is 159 cm³/mol. The Balaban J connectivity index is 0.00000230. The quantitative estimate of drug-likeness (QED) is 0.281. The number of aromatic carboxylic acids is 1. The molecule has 1 aromatic heterocycles. The predicted octanol–water partition coefficient (Wildman–Crippen LogP) is 1.73. The zero-order valence-corrected chi connectivity index (χ0v) is 25.3. The van der Waals surface area contributed by atoms with Crippen LogP contribution in [0.15, 0.2) is 73.3 Å². The number of carboxylic acid groups (broad SMARTS) is 1. The molecule has 3 aromatic carbocycles. The second-order valence-electron chi connectivity index (χ2n) is 11.2. The molecule has 13 heteroatoms. The van der Waals surface area contributed by atoms with E-state index in [1.54, 1.807) is 23.1 Å². The van der Waals surface area contributed by atoms with E-state index in [2.05, 4.69) is 32.0 Å². The molecule has 0 bridgehead atoms. The van der Waals surface area contributed by atoms with Gasteiger partial charge in [-0.05, 0) is 67.4 Å². The molecule has 10 nitrogen and oxygen atoms in total. The maximum absolute atomic E-state index is 14.9. The van der Waals surface area contributed by atoms with Gasteiger partial charge in [0.25, 0.3) is 0 Å². The van der Waals surface area contributed by atoms with Crippen LogP contribution >= 0.6 is 0 Å². The molecule has 0 aliphatic carbocycles. The van der Waals surface area contributed by atoms with Crippen LogP contribution in [0.4, 0.5) is 20.2 Å². The Kier molecular flexibility index (Phi) is 10.9. The maximum Gasteiger partial charge on any atom is 1.00 e. The summed E-state index contributed by atoms with van der Waals surface area (Å²) in [6.45, 7) is 6.37. The molecular formula is C32H34F2LiN5O5. The molecule has 2 fully saturated rings. The summed E-state index contributed by atoms with van der Waals surface area (Å²) >= 11 is 0. The number of rotatable bonds is 9. The number of ether oxygens (including phenoxy) is 2. The van der Waals surface area contributed by atoms with E-state index in [9.17, 15) is 13.6 Å². The van der Waals surface area contributed by atoms with Crippen LogP contribution in [-0.2, 0) is 16.9 Å². The summed E-state index contributed by atoms with van der Waals surface area (Å²) in [4.78, 5) is 19.7. The molecular weight excluding hydrogens is 579 g/mol. The molecule has 232 valence electrons. The Morgan fingerprint density at radius 1 is 1.02 bits per heavy atom. The fraction of sp³-hybridized carbons (Fsp3) is 0.344. The number of piperazine rings is 1. The average molecular weight is 614 g/mol. The number of halogens is 2. The number of hydrogen-bond donors (Lipinski definition) is 1. The summed E-state index contributed by atoms with van der Waals surface area (Å²) in [5, 5.41) is 13.3. The zero-order valence-electron chi connectivity index (χ0n) is 25.3. The van der Waals surface area contributed by atoms with Crippen LogP contribution in [0.1, 0.15) is 27.9 Å². The van der Waals surface area contributed by atoms with Crippen LogP contribution in [0.3, 0.4) is 0 Å². The molecule has 45 heavy (non-hydrogen) atoms. The van der Waals surface area contributed by atoms with Crippen molar-refractivity contribution in [3.63, 3.8) is 0 Å². The Bertz CT molecular complexity index is 1590. The van der Waals surface area contributed by atoms with Gasteiger partial charge in [0.2, 0.25) is 0 Å². The van der Waals surface area contributed by atoms with E-state index < -0.39 is 23.2 Å². The number of carbonyl (C=O) groups is 1. The van der Waals surface area contributed by atoms with Crippen molar-refractivity contribution in [2.75, 3.05) is 49.2 Å². The number of nitrogens with zero attached hydrogens (tertiary/aromatic N) is 5. The SMILES string of the molecule is Cc1cc(N2CCN(c3ccc(C(=O)O)cc3)CC2)ccc1OC[C@@H]1CO[C@@](Cn2cncn2)(c2ccc(F)cc2F)C1.[Li+].[OH-]. The number of benzene rings is 3. The van der Waals surface area contributed by atoms with Gasteiger partial charge in [0.05, 0.1) is 25.3 Å². The van der Waals surface area contributed by atoms with Crippen molar-refractivity contribution in [3.8, 4) is 5.75 Å². The fourth-order valence-corrected chi connectivity index (χ4v) is 6.02. The number of aromatic nitrogens is 3. The van der Waals surface area contributed by atoms with Gasteiger partial charge in [-0.3, -0.25) is 0 Å². The molecule has 0 unspecified atom stereocenters. The molecule has 2 aliphatic rings. The van der Waals surface area contributed by atoms with E-state index >= 15 is 0 Å². The van der Waals surface area contributed by atoms with Crippen LogP contribution in [0, 0.1) is 24.5 Å². The molecule has 6 rings (SSSR count). The molecule has 2 aliphatic heterocycles.